The van der Waals surface area contributed by atoms with Gasteiger partial charge in [0.15, 0.2) is 29.9 Å². The number of ether oxygens (including phenoxy) is 3. The molecule has 24 nitrogen and oxygen atoms in total. The fraction of sp³-hybridized carbons (Fsp3) is 0.115. The molecule has 18 rings (SSSR count). The van der Waals surface area contributed by atoms with Gasteiger partial charge in [0.1, 0.15) is 22.8 Å². The van der Waals surface area contributed by atoms with Crippen molar-refractivity contribution in [2.75, 3.05) is 50.3 Å². The molecule has 7 aromatic carbocycles. The summed E-state index contributed by atoms with van der Waals surface area (Å²) in [6, 6.07) is 67.4. The van der Waals surface area contributed by atoms with Gasteiger partial charge >= 0.3 is 0 Å². The van der Waals surface area contributed by atoms with E-state index in [1.165, 1.54) is 0 Å². The maximum absolute atomic E-state index is 13.2. The van der Waals surface area contributed by atoms with Crippen LogP contribution in [0.1, 0.15) is 16.7 Å². The zero-order valence-electron chi connectivity index (χ0n) is 54.8. The van der Waals surface area contributed by atoms with Gasteiger partial charge in [-0.1, -0.05) is 84.9 Å². The lowest BCUT2D eigenvalue weighted by molar-refractivity contribution is -0.123. The van der Waals surface area contributed by atoms with Crippen LogP contribution in [0.2, 0.25) is 0 Å². The van der Waals surface area contributed by atoms with E-state index in [0.29, 0.717) is 73.7 Å². The molecule has 6 N–H and O–H groups in total. The first-order valence-electron chi connectivity index (χ1n) is 33.2. The zero-order valence-corrected chi connectivity index (χ0v) is 54.8. The van der Waals surface area contributed by atoms with E-state index in [4.69, 9.17) is 14.2 Å². The molecule has 15 aromatic rings. The Bertz CT molecular complexity index is 4860. The van der Waals surface area contributed by atoms with Gasteiger partial charge in [0.05, 0.1) is 76.7 Å². The first kappa shape index (κ1) is 63.0. The van der Waals surface area contributed by atoms with Crippen molar-refractivity contribution in [3.8, 4) is 34.3 Å². The third kappa shape index (κ3) is 13.6. The summed E-state index contributed by atoms with van der Waals surface area (Å²) in [6.45, 7) is 3.22. The Labute approximate surface area is 583 Å². The lowest BCUT2D eigenvalue weighted by Crippen LogP contribution is -2.46. The highest BCUT2D eigenvalue weighted by Crippen LogP contribution is 2.38. The third-order valence-electron chi connectivity index (χ3n) is 17.9. The molecule has 0 aliphatic carbocycles. The SMILES string of the molecule is O=C(Nc1cccc2cc[nH]c12)C1CN(Cc2ccc(-n3cccn3)cc2)c2ccccc2O1.O=C(Nc1nccc2cc[nH]c12)C1CN(Cc2ccc(-n3cccn3)cc2)c2ccccc2O1.O=C(Nc1nccc2cn[nH]c12)C1CN(Cc2ccc(-n3cccn3)cc2)c2ccccc2O1. The van der Waals surface area contributed by atoms with Crippen LogP contribution in [0.4, 0.5) is 34.4 Å². The normalized spacial score (nSPS) is 15.1. The number of para-hydroxylation sites is 7. The van der Waals surface area contributed by atoms with Crippen molar-refractivity contribution in [2.24, 2.45) is 0 Å². The molecule has 0 fully saturated rings. The topological polar surface area (TPSA) is 264 Å². The highest BCUT2D eigenvalue weighted by Gasteiger charge is 2.35. The summed E-state index contributed by atoms with van der Waals surface area (Å²) in [7, 11) is 0. The van der Waals surface area contributed by atoms with Crippen molar-refractivity contribution in [1.29, 1.82) is 0 Å². The average Bonchev–Trinajstić information content (AvgIpc) is 1.31. The van der Waals surface area contributed by atoms with Crippen LogP contribution in [0.3, 0.4) is 0 Å². The van der Waals surface area contributed by atoms with Gasteiger partial charge in [0.2, 0.25) is 0 Å². The van der Waals surface area contributed by atoms with Crippen LogP contribution >= 0.6 is 0 Å². The van der Waals surface area contributed by atoms with E-state index in [9.17, 15) is 14.4 Å². The number of nitrogens with zero attached hydrogens (tertiary/aromatic N) is 12. The fourth-order valence-corrected chi connectivity index (χ4v) is 12.8. The first-order valence-corrected chi connectivity index (χ1v) is 33.2. The van der Waals surface area contributed by atoms with E-state index in [1.807, 2.05) is 203 Å². The van der Waals surface area contributed by atoms with E-state index in [2.05, 4.69) is 125 Å². The van der Waals surface area contributed by atoms with Crippen molar-refractivity contribution in [1.82, 2.24) is 59.5 Å². The van der Waals surface area contributed by atoms with Gasteiger partial charge in [-0.05, 0) is 138 Å². The zero-order chi connectivity index (χ0) is 68.7. The number of amides is 3. The molecule has 24 heteroatoms. The molecule has 0 saturated carbocycles. The first-order chi connectivity index (χ1) is 50.2. The molecule has 504 valence electrons. The predicted molar refractivity (Wildman–Crippen MR) is 391 cm³/mol. The minimum atomic E-state index is -0.696. The van der Waals surface area contributed by atoms with Crippen molar-refractivity contribution >= 4 is 84.8 Å². The number of H-pyrrole nitrogens is 3. The van der Waals surface area contributed by atoms with E-state index in [-0.39, 0.29) is 17.7 Å². The Balaban J connectivity index is 0.000000118. The second kappa shape index (κ2) is 28.4. The summed E-state index contributed by atoms with van der Waals surface area (Å²) in [4.78, 5) is 61.1. The molecule has 3 atom stereocenters. The van der Waals surface area contributed by atoms with Crippen LogP contribution in [0.15, 0.2) is 274 Å². The molecular weight excluding hydrogens is 1280 g/mol. The standard InChI is InChI=1S/C27H23N5O2.C26H22N6O2.C25H21N7O2/c33-27(30-22-6-3-5-20-13-15-28-26(20)22)25-18-31(23-7-1-2-8-24(23)34-25)17-19-9-11-21(12-10-19)32-16-4-14-29-32;33-26(30-25-24-19(10-13-27-24)11-14-28-25)23-17-31(21-4-1-2-5-22(21)34-23)16-18-6-8-20(9-7-18)32-15-3-12-29-32;33-25(29-24-23-18(10-12-26-24)14-27-30-23)22-16-31(20-4-1-2-5-21(20)34-22)15-17-6-8-19(9-7-17)32-13-3-11-28-32/h1-16,25,28H,17-18H2,(H,30,33);1-15,23,27H,16-17H2,(H,28,30,33);1-14,22H,15-16H2,(H,27,30)(H,26,29,33). The van der Waals surface area contributed by atoms with Crippen LogP contribution in [-0.2, 0) is 34.0 Å². The highest BCUT2D eigenvalue weighted by atomic mass is 16.5. The molecule has 102 heavy (non-hydrogen) atoms. The molecule has 3 aliphatic heterocycles. The number of carbonyl (C=O) groups is 3. The van der Waals surface area contributed by atoms with Gasteiger partial charge in [0, 0.05) is 97.8 Å². The number of aromatic amines is 3. The average molecular weight is 1350 g/mol. The summed E-state index contributed by atoms with van der Waals surface area (Å²) in [5.41, 5.74) is 12.4. The summed E-state index contributed by atoms with van der Waals surface area (Å²) < 4.78 is 23.8. The number of aromatic nitrogens is 12. The van der Waals surface area contributed by atoms with Gasteiger partial charge in [-0.15, -0.1) is 0 Å². The van der Waals surface area contributed by atoms with E-state index in [1.54, 1.807) is 37.2 Å². The largest absolute Gasteiger partial charge is 0.477 e. The Morgan fingerprint density at radius 2 is 0.794 bits per heavy atom. The number of hydrogen-bond donors (Lipinski definition) is 6. The predicted octanol–water partition coefficient (Wildman–Crippen LogP) is 12.5. The molecule has 3 amide bonds. The molecular formula is C78H66N18O6. The minimum absolute atomic E-state index is 0.171. The number of fused-ring (bicyclic) bond motifs is 6. The molecule has 3 unspecified atom stereocenters. The summed E-state index contributed by atoms with van der Waals surface area (Å²) >= 11 is 0. The minimum Gasteiger partial charge on any atom is -0.477 e. The van der Waals surface area contributed by atoms with Gasteiger partial charge in [-0.3, -0.25) is 19.5 Å². The van der Waals surface area contributed by atoms with E-state index < -0.39 is 18.3 Å². The van der Waals surface area contributed by atoms with Crippen LogP contribution in [0, 0.1) is 0 Å². The monoisotopic (exact) mass is 1350 g/mol. The number of hydrogen-bond acceptors (Lipinski definition) is 15. The Kier molecular flexibility index (Phi) is 17.5. The van der Waals surface area contributed by atoms with Gasteiger partial charge in [0.25, 0.3) is 17.7 Å². The fourth-order valence-electron chi connectivity index (χ4n) is 12.8. The number of anilines is 6. The second-order valence-corrected chi connectivity index (χ2v) is 24.5. The summed E-state index contributed by atoms with van der Waals surface area (Å²) in [5, 5.41) is 31.5. The Morgan fingerprint density at radius 3 is 1.24 bits per heavy atom. The third-order valence-corrected chi connectivity index (χ3v) is 17.9. The Morgan fingerprint density at radius 1 is 0.392 bits per heavy atom. The van der Waals surface area contributed by atoms with Crippen molar-refractivity contribution in [3.05, 3.63) is 291 Å². The lowest BCUT2D eigenvalue weighted by atomic mass is 10.1. The van der Waals surface area contributed by atoms with Crippen molar-refractivity contribution in [3.63, 3.8) is 0 Å². The van der Waals surface area contributed by atoms with Crippen LogP contribution in [-0.4, -0.2) is 115 Å². The molecule has 11 heterocycles. The van der Waals surface area contributed by atoms with Crippen LogP contribution in [0.25, 0.3) is 49.8 Å². The number of carbonyl (C=O) groups excluding carboxylic acids is 3. The molecule has 0 radical (unpaired) electrons. The molecule has 8 aromatic heterocycles. The van der Waals surface area contributed by atoms with Crippen LogP contribution < -0.4 is 44.9 Å². The number of pyridine rings is 2. The van der Waals surface area contributed by atoms with Crippen molar-refractivity contribution in [2.45, 2.75) is 37.9 Å². The van der Waals surface area contributed by atoms with Crippen molar-refractivity contribution < 1.29 is 28.6 Å². The molecule has 3 aliphatic rings. The maximum atomic E-state index is 13.2. The number of rotatable bonds is 15. The number of benzene rings is 7. The highest BCUT2D eigenvalue weighted by molar-refractivity contribution is 6.04. The molecule has 0 spiro atoms. The Hall–Kier alpha value is -13.8. The summed E-state index contributed by atoms with van der Waals surface area (Å²) in [5.74, 6) is 2.34. The van der Waals surface area contributed by atoms with Gasteiger partial charge in [-0.2, -0.15) is 20.4 Å². The number of nitrogens with one attached hydrogen (secondary N) is 6. The quantitative estimate of drug-likeness (QED) is 0.0557. The smallest absolute Gasteiger partial charge is 0.268 e. The second-order valence-electron chi connectivity index (χ2n) is 24.5. The van der Waals surface area contributed by atoms with Crippen LogP contribution in [0.5, 0.6) is 17.2 Å². The van der Waals surface area contributed by atoms with E-state index in [0.717, 1.165) is 83.7 Å². The van der Waals surface area contributed by atoms with E-state index >= 15 is 0 Å². The van der Waals surface area contributed by atoms with Gasteiger partial charge in [-0.25, -0.2) is 24.0 Å². The summed E-state index contributed by atoms with van der Waals surface area (Å²) in [6.07, 6.45) is 17.7. The lowest BCUT2D eigenvalue weighted by Gasteiger charge is -2.35. The molecule has 0 saturated heterocycles. The maximum Gasteiger partial charge on any atom is 0.268 e. The molecule has 0 bridgehead atoms. The van der Waals surface area contributed by atoms with Gasteiger partial charge < -0.3 is 54.8 Å².